The van der Waals surface area contributed by atoms with Crippen LogP contribution in [0, 0.1) is 0 Å². The SMILES string of the molecule is COC(=O)C(=O)Nc1ccc(OC2(C(=O)O)CCCCC2)nc1OC. The predicted octanol–water partition coefficient (Wildman–Crippen LogP) is 1.37. The van der Waals surface area contributed by atoms with Crippen molar-refractivity contribution in [1.29, 1.82) is 0 Å². The first-order valence-corrected chi connectivity index (χ1v) is 7.78. The molecule has 2 rings (SSSR count). The molecule has 1 aromatic heterocycles. The van der Waals surface area contributed by atoms with Crippen LogP contribution in [-0.2, 0) is 19.1 Å². The molecule has 0 saturated heterocycles. The average molecular weight is 352 g/mol. The highest BCUT2D eigenvalue weighted by Gasteiger charge is 2.42. The van der Waals surface area contributed by atoms with E-state index in [1.165, 1.54) is 19.2 Å². The topological polar surface area (TPSA) is 124 Å². The summed E-state index contributed by atoms with van der Waals surface area (Å²) in [5.41, 5.74) is -1.18. The van der Waals surface area contributed by atoms with Crippen molar-refractivity contribution < 1.29 is 33.7 Å². The van der Waals surface area contributed by atoms with Crippen LogP contribution in [0.4, 0.5) is 5.69 Å². The first-order valence-electron chi connectivity index (χ1n) is 7.78. The Bertz CT molecular complexity index is 668. The molecule has 9 heteroatoms. The van der Waals surface area contributed by atoms with Crippen molar-refractivity contribution in [3.63, 3.8) is 0 Å². The van der Waals surface area contributed by atoms with Crippen LogP contribution < -0.4 is 14.8 Å². The van der Waals surface area contributed by atoms with Gasteiger partial charge in [0.05, 0.1) is 14.2 Å². The molecule has 2 N–H and O–H groups in total. The molecule has 0 unspecified atom stereocenters. The summed E-state index contributed by atoms with van der Waals surface area (Å²) in [5, 5.41) is 11.8. The van der Waals surface area contributed by atoms with E-state index < -0.39 is 23.4 Å². The zero-order valence-corrected chi connectivity index (χ0v) is 14.0. The first kappa shape index (κ1) is 18.5. The monoisotopic (exact) mass is 352 g/mol. The molecule has 1 aliphatic carbocycles. The van der Waals surface area contributed by atoms with Crippen molar-refractivity contribution in [2.45, 2.75) is 37.7 Å². The Labute approximate surface area is 144 Å². The van der Waals surface area contributed by atoms with Gasteiger partial charge in [0, 0.05) is 6.07 Å². The number of carbonyl (C=O) groups is 3. The lowest BCUT2D eigenvalue weighted by Gasteiger charge is -2.33. The van der Waals surface area contributed by atoms with E-state index in [0.29, 0.717) is 12.8 Å². The van der Waals surface area contributed by atoms with Gasteiger partial charge in [-0.3, -0.25) is 4.79 Å². The molecule has 1 fully saturated rings. The second-order valence-corrected chi connectivity index (χ2v) is 5.61. The number of esters is 1. The van der Waals surface area contributed by atoms with Gasteiger partial charge in [-0.25, -0.2) is 9.59 Å². The number of aromatic nitrogens is 1. The van der Waals surface area contributed by atoms with Crippen LogP contribution in [0.2, 0.25) is 0 Å². The number of aliphatic carboxylic acids is 1. The predicted molar refractivity (Wildman–Crippen MR) is 85.5 cm³/mol. The fraction of sp³-hybridized carbons (Fsp3) is 0.500. The number of pyridine rings is 1. The molecule has 9 nitrogen and oxygen atoms in total. The molecule has 25 heavy (non-hydrogen) atoms. The first-order chi connectivity index (χ1) is 11.9. The molecule has 0 aromatic carbocycles. The Hall–Kier alpha value is -2.84. The molecule has 1 heterocycles. The van der Waals surface area contributed by atoms with Gasteiger partial charge in [-0.05, 0) is 31.7 Å². The van der Waals surface area contributed by atoms with Crippen LogP contribution in [-0.4, -0.2) is 47.8 Å². The number of nitrogens with zero attached hydrogens (tertiary/aromatic N) is 1. The lowest BCUT2D eigenvalue weighted by molar-refractivity contribution is -0.158. The summed E-state index contributed by atoms with van der Waals surface area (Å²) >= 11 is 0. The van der Waals surface area contributed by atoms with Crippen LogP contribution in [0.3, 0.4) is 0 Å². The third-order valence-corrected chi connectivity index (χ3v) is 4.00. The van der Waals surface area contributed by atoms with Gasteiger partial charge in [0.1, 0.15) is 5.69 Å². The van der Waals surface area contributed by atoms with E-state index in [1.54, 1.807) is 0 Å². The Balaban J connectivity index is 2.21. The fourth-order valence-electron chi connectivity index (χ4n) is 2.68. The van der Waals surface area contributed by atoms with Crippen LogP contribution in [0.25, 0.3) is 0 Å². The maximum atomic E-state index is 11.7. The maximum Gasteiger partial charge on any atom is 0.396 e. The summed E-state index contributed by atoms with van der Waals surface area (Å²) in [6.07, 6.45) is 3.28. The van der Waals surface area contributed by atoms with Gasteiger partial charge in [-0.1, -0.05) is 6.42 Å². The van der Waals surface area contributed by atoms with Gasteiger partial charge in [0.25, 0.3) is 0 Å². The van der Waals surface area contributed by atoms with E-state index in [-0.39, 0.29) is 17.4 Å². The molecule has 0 bridgehead atoms. The van der Waals surface area contributed by atoms with E-state index in [0.717, 1.165) is 26.4 Å². The molecular formula is C16H20N2O7. The summed E-state index contributed by atoms with van der Waals surface area (Å²) in [6.45, 7) is 0. The number of anilines is 1. The average Bonchev–Trinajstić information content (AvgIpc) is 2.62. The molecule has 136 valence electrons. The highest BCUT2D eigenvalue weighted by atomic mass is 16.5. The summed E-state index contributed by atoms with van der Waals surface area (Å²) in [7, 11) is 2.41. The number of amides is 1. The normalized spacial score (nSPS) is 15.8. The van der Waals surface area contributed by atoms with Crippen LogP contribution in [0.1, 0.15) is 32.1 Å². The van der Waals surface area contributed by atoms with E-state index >= 15 is 0 Å². The van der Waals surface area contributed by atoms with Gasteiger partial charge >= 0.3 is 17.8 Å². The third-order valence-electron chi connectivity index (χ3n) is 4.00. The molecular weight excluding hydrogens is 332 g/mol. The smallest absolute Gasteiger partial charge is 0.396 e. The Morgan fingerprint density at radius 1 is 1.16 bits per heavy atom. The molecule has 1 aliphatic rings. The van der Waals surface area contributed by atoms with Crippen LogP contribution >= 0.6 is 0 Å². The number of carboxylic acids is 1. The van der Waals surface area contributed by atoms with Gasteiger partial charge < -0.3 is 24.6 Å². The van der Waals surface area contributed by atoms with Crippen LogP contribution in [0.5, 0.6) is 11.8 Å². The molecule has 0 aliphatic heterocycles. The Kier molecular flexibility index (Phi) is 5.79. The molecule has 1 aromatic rings. The number of hydrogen-bond donors (Lipinski definition) is 2. The van der Waals surface area contributed by atoms with E-state index in [4.69, 9.17) is 9.47 Å². The summed E-state index contributed by atoms with van der Waals surface area (Å²) < 4.78 is 15.1. The van der Waals surface area contributed by atoms with E-state index in [9.17, 15) is 19.5 Å². The van der Waals surface area contributed by atoms with Crippen molar-refractivity contribution in [3.8, 4) is 11.8 Å². The zero-order valence-electron chi connectivity index (χ0n) is 14.0. The molecule has 1 amide bonds. The minimum Gasteiger partial charge on any atom is -0.479 e. The van der Waals surface area contributed by atoms with E-state index in [2.05, 4.69) is 15.0 Å². The minimum absolute atomic E-state index is 0.00824. The molecule has 0 spiro atoms. The largest absolute Gasteiger partial charge is 0.479 e. The number of rotatable bonds is 5. The number of nitrogens with one attached hydrogen (secondary N) is 1. The number of hydrogen-bond acceptors (Lipinski definition) is 7. The van der Waals surface area contributed by atoms with Gasteiger partial charge in [0.2, 0.25) is 17.4 Å². The summed E-state index contributed by atoms with van der Waals surface area (Å²) in [5.74, 6) is -3.01. The molecule has 0 radical (unpaired) electrons. The fourth-order valence-corrected chi connectivity index (χ4v) is 2.68. The maximum absolute atomic E-state index is 11.7. The molecule has 1 saturated carbocycles. The number of carboxylic acid groups (broad SMARTS) is 1. The summed E-state index contributed by atoms with van der Waals surface area (Å²) in [6, 6.07) is 2.83. The zero-order chi connectivity index (χ0) is 18.4. The standard InChI is InChI=1S/C16H20N2O7/c1-23-13-10(17-12(19)14(20)24-2)6-7-11(18-13)25-16(15(21)22)8-4-3-5-9-16/h6-7H,3-5,8-9H2,1-2H3,(H,17,19)(H,21,22). The molecule has 0 atom stereocenters. The van der Waals surface area contributed by atoms with Crippen molar-refractivity contribution in [2.75, 3.05) is 19.5 Å². The number of carbonyl (C=O) groups excluding carboxylic acids is 2. The van der Waals surface area contributed by atoms with Crippen molar-refractivity contribution in [2.24, 2.45) is 0 Å². The van der Waals surface area contributed by atoms with E-state index in [1.807, 2.05) is 0 Å². The number of ether oxygens (including phenoxy) is 3. The van der Waals surface area contributed by atoms with Gasteiger partial charge in [0.15, 0.2) is 0 Å². The minimum atomic E-state index is -1.31. The van der Waals surface area contributed by atoms with Crippen molar-refractivity contribution in [3.05, 3.63) is 12.1 Å². The second kappa shape index (κ2) is 7.82. The summed E-state index contributed by atoms with van der Waals surface area (Å²) in [4.78, 5) is 38.5. The van der Waals surface area contributed by atoms with Gasteiger partial charge in [-0.15, -0.1) is 0 Å². The van der Waals surface area contributed by atoms with Gasteiger partial charge in [-0.2, -0.15) is 4.98 Å². The van der Waals surface area contributed by atoms with Crippen LogP contribution in [0.15, 0.2) is 12.1 Å². The highest BCUT2D eigenvalue weighted by Crippen LogP contribution is 2.34. The lowest BCUT2D eigenvalue weighted by atomic mass is 9.84. The Morgan fingerprint density at radius 2 is 1.84 bits per heavy atom. The third kappa shape index (κ3) is 4.17. The van der Waals surface area contributed by atoms with Crippen molar-refractivity contribution >= 4 is 23.5 Å². The quantitative estimate of drug-likeness (QED) is 0.601. The second-order valence-electron chi connectivity index (χ2n) is 5.61. The highest BCUT2D eigenvalue weighted by molar-refractivity contribution is 6.37. The number of methoxy groups -OCH3 is 2. The lowest BCUT2D eigenvalue weighted by Crippen LogP contribution is -2.46. The van der Waals surface area contributed by atoms with Crippen molar-refractivity contribution in [1.82, 2.24) is 4.98 Å². The Morgan fingerprint density at radius 3 is 2.40 bits per heavy atom.